The highest BCUT2D eigenvalue weighted by molar-refractivity contribution is 7.87. The smallest absolute Gasteiger partial charge is 0.326 e. The van der Waals surface area contributed by atoms with E-state index in [0.717, 1.165) is 0 Å². The third-order valence-electron chi connectivity index (χ3n) is 1.18. The molecule has 0 aromatic rings. The van der Waals surface area contributed by atoms with Crippen molar-refractivity contribution in [1.29, 1.82) is 0 Å². The second kappa shape index (κ2) is 3.68. The molecular weight excluding hydrogens is 206 g/mol. The summed E-state index contributed by atoms with van der Waals surface area (Å²) in [7, 11) is -5.01. The van der Waals surface area contributed by atoms with E-state index in [0.29, 0.717) is 0 Å². The van der Waals surface area contributed by atoms with E-state index < -0.39 is 33.3 Å². The van der Waals surface area contributed by atoms with Crippen molar-refractivity contribution in [3.8, 4) is 0 Å². The van der Waals surface area contributed by atoms with E-state index in [2.05, 4.69) is 0 Å². The van der Waals surface area contributed by atoms with Gasteiger partial charge in [-0.3, -0.25) is 14.1 Å². The van der Waals surface area contributed by atoms with E-state index in [-0.39, 0.29) is 0 Å². The zero-order valence-corrected chi connectivity index (χ0v) is 6.93. The molecule has 13 heavy (non-hydrogen) atoms. The maximum absolute atomic E-state index is 10.4. The molecule has 8 nitrogen and oxygen atoms in total. The van der Waals surface area contributed by atoms with E-state index >= 15 is 0 Å². The van der Waals surface area contributed by atoms with Crippen molar-refractivity contribution in [1.82, 2.24) is 0 Å². The van der Waals surface area contributed by atoms with Crippen molar-refractivity contribution in [2.75, 3.05) is 0 Å². The fourth-order valence-corrected chi connectivity index (χ4v) is 1.34. The number of nitrogens with two attached hydrogens (primary N) is 1. The van der Waals surface area contributed by atoms with Crippen LogP contribution in [0.2, 0.25) is 0 Å². The largest absolute Gasteiger partial charge is 0.480 e. The van der Waals surface area contributed by atoms with Crippen molar-refractivity contribution in [2.24, 2.45) is 5.73 Å². The monoisotopic (exact) mass is 213 g/mol. The molecule has 0 aliphatic heterocycles. The van der Waals surface area contributed by atoms with Crippen LogP contribution in [-0.4, -0.2) is 46.4 Å². The Kier molecular flexibility index (Phi) is 3.34. The Morgan fingerprint density at radius 2 is 1.54 bits per heavy atom. The Hall–Kier alpha value is -1.19. The van der Waals surface area contributed by atoms with Crippen LogP contribution in [0.25, 0.3) is 0 Å². The zero-order chi connectivity index (χ0) is 10.8. The predicted molar refractivity (Wildman–Crippen MR) is 38.6 cm³/mol. The molecule has 2 unspecified atom stereocenters. The van der Waals surface area contributed by atoms with Crippen molar-refractivity contribution in [2.45, 2.75) is 11.3 Å². The minimum Gasteiger partial charge on any atom is -0.480 e. The average Bonchev–Trinajstić information content (AvgIpc) is 1.82. The van der Waals surface area contributed by atoms with Crippen LogP contribution in [-0.2, 0) is 19.7 Å². The molecule has 0 bridgehead atoms. The normalized spacial score (nSPS) is 16.2. The molecular formula is C4H7NO7S. The Morgan fingerprint density at radius 3 is 1.62 bits per heavy atom. The van der Waals surface area contributed by atoms with Crippen LogP contribution in [0.4, 0.5) is 0 Å². The topological polar surface area (TPSA) is 155 Å². The van der Waals surface area contributed by atoms with E-state index in [1.165, 1.54) is 0 Å². The van der Waals surface area contributed by atoms with Gasteiger partial charge in [-0.25, -0.2) is 0 Å². The average molecular weight is 213 g/mol. The van der Waals surface area contributed by atoms with Crippen molar-refractivity contribution in [3.05, 3.63) is 0 Å². The summed E-state index contributed by atoms with van der Waals surface area (Å²) in [4.78, 5) is 20.3. The van der Waals surface area contributed by atoms with Crippen LogP contribution in [0.5, 0.6) is 0 Å². The van der Waals surface area contributed by atoms with Crippen LogP contribution in [0.3, 0.4) is 0 Å². The molecule has 5 N–H and O–H groups in total. The third-order valence-corrected chi connectivity index (χ3v) is 2.31. The molecule has 0 amide bonds. The Morgan fingerprint density at radius 1 is 1.15 bits per heavy atom. The quantitative estimate of drug-likeness (QED) is 0.381. The van der Waals surface area contributed by atoms with E-state index in [1.807, 2.05) is 0 Å². The van der Waals surface area contributed by atoms with Gasteiger partial charge in [-0.2, -0.15) is 8.42 Å². The molecule has 0 radical (unpaired) electrons. The lowest BCUT2D eigenvalue weighted by molar-refractivity contribution is -0.144. The van der Waals surface area contributed by atoms with Crippen LogP contribution in [0.15, 0.2) is 0 Å². The molecule has 9 heteroatoms. The summed E-state index contributed by atoms with van der Waals surface area (Å²) in [6, 6.07) is -2.20. The van der Waals surface area contributed by atoms with Crippen LogP contribution >= 0.6 is 0 Å². The molecule has 76 valence electrons. The van der Waals surface area contributed by atoms with Crippen molar-refractivity contribution < 1.29 is 32.8 Å². The zero-order valence-electron chi connectivity index (χ0n) is 6.11. The molecule has 0 heterocycles. The van der Waals surface area contributed by atoms with E-state index in [4.69, 9.17) is 20.5 Å². The molecule has 0 saturated carbocycles. The first-order valence-electron chi connectivity index (χ1n) is 2.85. The van der Waals surface area contributed by atoms with Gasteiger partial charge in [-0.05, 0) is 0 Å². The summed E-state index contributed by atoms with van der Waals surface area (Å²) in [5.41, 5.74) is 4.73. The maximum atomic E-state index is 10.4. The molecule has 0 aromatic heterocycles. The summed E-state index contributed by atoms with van der Waals surface area (Å²) in [5.74, 6) is -3.84. The van der Waals surface area contributed by atoms with Gasteiger partial charge < -0.3 is 15.9 Å². The summed E-state index contributed by atoms with van der Waals surface area (Å²) in [5, 5.41) is 13.9. The van der Waals surface area contributed by atoms with Gasteiger partial charge in [-0.15, -0.1) is 0 Å². The molecule has 0 fully saturated rings. The summed E-state index contributed by atoms with van der Waals surface area (Å²) < 4.78 is 29.0. The fourth-order valence-electron chi connectivity index (χ4n) is 0.596. The molecule has 2 atom stereocenters. The molecule has 0 spiro atoms. The lowest BCUT2D eigenvalue weighted by Gasteiger charge is -2.12. The lowest BCUT2D eigenvalue weighted by Crippen LogP contribution is -2.50. The Balaban J connectivity index is 5.07. The van der Waals surface area contributed by atoms with Crippen molar-refractivity contribution in [3.63, 3.8) is 0 Å². The fraction of sp³-hybridized carbons (Fsp3) is 0.500. The molecule has 0 aliphatic rings. The summed E-state index contributed by atoms with van der Waals surface area (Å²) >= 11 is 0. The van der Waals surface area contributed by atoms with Gasteiger partial charge in [0.15, 0.2) is 0 Å². The van der Waals surface area contributed by atoms with Gasteiger partial charge in [0, 0.05) is 0 Å². The first kappa shape index (κ1) is 11.8. The van der Waals surface area contributed by atoms with Gasteiger partial charge in [0.05, 0.1) is 0 Å². The number of aliphatic carboxylic acids is 2. The predicted octanol–water partition coefficient (Wildman–Crippen LogP) is -2.26. The summed E-state index contributed by atoms with van der Waals surface area (Å²) in [6.45, 7) is 0. The van der Waals surface area contributed by atoms with Gasteiger partial charge >= 0.3 is 11.9 Å². The second-order valence-corrected chi connectivity index (χ2v) is 3.68. The number of carboxylic acids is 2. The minimum absolute atomic E-state index is 1.83. The highest BCUT2D eigenvalue weighted by atomic mass is 32.2. The van der Waals surface area contributed by atoms with E-state index in [9.17, 15) is 18.0 Å². The number of hydrogen-bond donors (Lipinski definition) is 4. The second-order valence-electron chi connectivity index (χ2n) is 2.14. The third kappa shape index (κ3) is 2.97. The van der Waals surface area contributed by atoms with E-state index in [1.54, 1.807) is 0 Å². The van der Waals surface area contributed by atoms with Gasteiger partial charge in [-0.1, -0.05) is 0 Å². The highest BCUT2D eigenvalue weighted by Crippen LogP contribution is 2.03. The molecule has 0 rings (SSSR count). The molecule has 0 aliphatic carbocycles. The Bertz CT molecular complexity index is 319. The highest BCUT2D eigenvalue weighted by Gasteiger charge is 2.40. The number of hydrogen-bond acceptors (Lipinski definition) is 5. The standard InChI is InChI=1S/C4H7NO7S/c5-1(3(6)7)2(4(8)9)13(10,11)12/h1-2H,5H2,(H,6,7)(H,8,9)(H,10,11,12). The lowest BCUT2D eigenvalue weighted by atomic mass is 10.2. The SMILES string of the molecule is NC(C(=O)O)C(C(=O)O)S(=O)(=O)O. The van der Waals surface area contributed by atoms with Crippen LogP contribution < -0.4 is 5.73 Å². The summed E-state index contributed by atoms with van der Waals surface area (Å²) in [6.07, 6.45) is 0. The van der Waals surface area contributed by atoms with Gasteiger partial charge in [0.2, 0.25) is 5.25 Å². The number of carboxylic acid groups (broad SMARTS) is 2. The number of carbonyl (C=O) groups is 2. The van der Waals surface area contributed by atoms with Crippen LogP contribution in [0.1, 0.15) is 0 Å². The Labute approximate surface area is 72.7 Å². The minimum atomic E-state index is -5.01. The maximum Gasteiger partial charge on any atom is 0.326 e. The molecule has 0 saturated heterocycles. The van der Waals surface area contributed by atoms with Crippen LogP contribution in [0, 0.1) is 0 Å². The van der Waals surface area contributed by atoms with Crippen molar-refractivity contribution >= 4 is 22.1 Å². The number of rotatable bonds is 4. The molecule has 0 aromatic carbocycles. The van der Waals surface area contributed by atoms with Gasteiger partial charge in [0.1, 0.15) is 6.04 Å². The first-order valence-corrected chi connectivity index (χ1v) is 4.35. The van der Waals surface area contributed by atoms with Gasteiger partial charge in [0.25, 0.3) is 10.1 Å². The first-order chi connectivity index (χ1) is 5.68.